The molecule has 2 N–H and O–H groups in total. The van der Waals surface area contributed by atoms with Gasteiger partial charge in [0.2, 0.25) is 5.88 Å². The smallest absolute Gasteiger partial charge is 0.422 e. The van der Waals surface area contributed by atoms with Gasteiger partial charge < -0.3 is 20.1 Å². The quantitative estimate of drug-likeness (QED) is 0.288. The van der Waals surface area contributed by atoms with Crippen molar-refractivity contribution in [2.24, 2.45) is 4.99 Å². The number of alkyl halides is 3. The zero-order valence-electron chi connectivity index (χ0n) is 16.8. The molecule has 0 bridgehead atoms. The summed E-state index contributed by atoms with van der Waals surface area (Å²) in [5.41, 5.74) is 1.86. The molecule has 0 fully saturated rings. The molecule has 0 atom stereocenters. The van der Waals surface area contributed by atoms with E-state index in [1.807, 2.05) is 31.2 Å². The number of ether oxygens (including phenoxy) is 2. The van der Waals surface area contributed by atoms with Crippen molar-refractivity contribution in [3.05, 3.63) is 53.7 Å². The number of hydrogen-bond acceptors (Lipinski definition) is 4. The molecule has 0 aliphatic rings. The molecule has 0 aliphatic heterocycles. The van der Waals surface area contributed by atoms with E-state index in [0.717, 1.165) is 17.7 Å². The SMILES string of the molecule is CCNC(=NCc1ccnc(OCC(F)(F)F)c1)NCCc1ccc(OC)cc1.I. The fraction of sp³-hybridized carbons (Fsp3) is 0.400. The lowest BCUT2D eigenvalue weighted by atomic mass is 10.1. The molecule has 2 rings (SSSR count). The molecule has 6 nitrogen and oxygen atoms in total. The average molecular weight is 538 g/mol. The molecule has 1 aromatic carbocycles. The van der Waals surface area contributed by atoms with Gasteiger partial charge in [0.1, 0.15) is 5.75 Å². The summed E-state index contributed by atoms with van der Waals surface area (Å²) in [5.74, 6) is 1.36. The number of rotatable bonds is 9. The number of aliphatic imine (C=N–C) groups is 1. The summed E-state index contributed by atoms with van der Waals surface area (Å²) in [4.78, 5) is 8.25. The van der Waals surface area contributed by atoms with Crippen molar-refractivity contribution in [3.63, 3.8) is 0 Å². The van der Waals surface area contributed by atoms with Gasteiger partial charge in [-0.1, -0.05) is 12.1 Å². The highest BCUT2D eigenvalue weighted by Gasteiger charge is 2.28. The maximum Gasteiger partial charge on any atom is 0.422 e. The molecule has 0 spiro atoms. The van der Waals surface area contributed by atoms with E-state index in [1.165, 1.54) is 12.3 Å². The molecule has 30 heavy (non-hydrogen) atoms. The minimum absolute atomic E-state index is 0. The van der Waals surface area contributed by atoms with Crippen LogP contribution in [0.1, 0.15) is 18.1 Å². The predicted molar refractivity (Wildman–Crippen MR) is 121 cm³/mol. The van der Waals surface area contributed by atoms with E-state index in [9.17, 15) is 13.2 Å². The van der Waals surface area contributed by atoms with E-state index < -0.39 is 12.8 Å². The van der Waals surface area contributed by atoms with Crippen LogP contribution in [-0.4, -0.2) is 43.9 Å². The minimum atomic E-state index is -4.40. The molecule has 0 radical (unpaired) electrons. The van der Waals surface area contributed by atoms with Crippen LogP contribution in [-0.2, 0) is 13.0 Å². The van der Waals surface area contributed by atoms with E-state index >= 15 is 0 Å². The standard InChI is InChI=1S/C20H25F3N4O2.HI/c1-3-24-19(26-11-8-15-4-6-17(28-2)7-5-15)27-13-16-9-10-25-18(12-16)29-14-20(21,22)23;/h4-7,9-10,12H,3,8,11,13-14H2,1-2H3,(H2,24,26,27);1H. The number of aromatic nitrogens is 1. The van der Waals surface area contributed by atoms with E-state index in [-0.39, 0.29) is 36.4 Å². The maximum atomic E-state index is 12.3. The highest BCUT2D eigenvalue weighted by molar-refractivity contribution is 14.0. The summed E-state index contributed by atoms with van der Waals surface area (Å²) in [7, 11) is 1.63. The molecule has 0 amide bonds. The van der Waals surface area contributed by atoms with Gasteiger partial charge in [-0.2, -0.15) is 13.2 Å². The predicted octanol–water partition coefficient (Wildman–Crippen LogP) is 3.95. The van der Waals surface area contributed by atoms with Crippen LogP contribution < -0.4 is 20.1 Å². The second-order valence-corrected chi connectivity index (χ2v) is 6.13. The lowest BCUT2D eigenvalue weighted by Gasteiger charge is -2.12. The van der Waals surface area contributed by atoms with Crippen molar-refractivity contribution < 1.29 is 22.6 Å². The normalized spacial score (nSPS) is 11.4. The summed E-state index contributed by atoms with van der Waals surface area (Å²) >= 11 is 0. The van der Waals surface area contributed by atoms with Gasteiger partial charge in [0.05, 0.1) is 13.7 Å². The Kier molecular flexibility index (Phi) is 11.3. The largest absolute Gasteiger partial charge is 0.497 e. The van der Waals surface area contributed by atoms with Crippen LogP contribution in [0.25, 0.3) is 0 Å². The van der Waals surface area contributed by atoms with Crippen LogP contribution in [0.5, 0.6) is 11.6 Å². The first kappa shape index (κ1) is 25.8. The van der Waals surface area contributed by atoms with Crippen molar-refractivity contribution in [1.29, 1.82) is 0 Å². The number of hydrogen-bond donors (Lipinski definition) is 2. The second-order valence-electron chi connectivity index (χ2n) is 6.13. The van der Waals surface area contributed by atoms with Crippen molar-refractivity contribution in [1.82, 2.24) is 15.6 Å². The van der Waals surface area contributed by atoms with Gasteiger partial charge in [-0.05, 0) is 42.7 Å². The van der Waals surface area contributed by atoms with Gasteiger partial charge in [0.25, 0.3) is 0 Å². The van der Waals surface area contributed by atoms with Gasteiger partial charge in [-0.15, -0.1) is 24.0 Å². The molecule has 1 aromatic heterocycles. The Labute approximate surface area is 191 Å². The number of nitrogens with zero attached hydrogens (tertiary/aromatic N) is 2. The Morgan fingerprint density at radius 3 is 2.47 bits per heavy atom. The Balaban J connectivity index is 0.00000450. The summed E-state index contributed by atoms with van der Waals surface area (Å²) in [6, 6.07) is 11.0. The molecule has 0 saturated heterocycles. The first-order valence-corrected chi connectivity index (χ1v) is 9.19. The number of halogens is 4. The van der Waals surface area contributed by atoms with Gasteiger partial charge in [0, 0.05) is 25.4 Å². The van der Waals surface area contributed by atoms with E-state index in [4.69, 9.17) is 4.74 Å². The Morgan fingerprint density at radius 1 is 1.10 bits per heavy atom. The van der Waals surface area contributed by atoms with Crippen LogP contribution in [0.15, 0.2) is 47.6 Å². The zero-order valence-corrected chi connectivity index (χ0v) is 19.2. The van der Waals surface area contributed by atoms with E-state index in [0.29, 0.717) is 24.6 Å². The Hall–Kier alpha value is -2.24. The Bertz CT molecular complexity index is 786. The second kappa shape index (κ2) is 13.1. The number of guanidine groups is 1. The molecular weight excluding hydrogens is 512 g/mol. The number of methoxy groups -OCH3 is 1. The molecule has 0 saturated carbocycles. The lowest BCUT2D eigenvalue weighted by Crippen LogP contribution is -2.38. The van der Waals surface area contributed by atoms with Crippen LogP contribution in [0, 0.1) is 0 Å². The first-order valence-electron chi connectivity index (χ1n) is 9.19. The monoisotopic (exact) mass is 538 g/mol. The molecule has 10 heteroatoms. The van der Waals surface area contributed by atoms with Gasteiger partial charge >= 0.3 is 6.18 Å². The molecule has 1 heterocycles. The fourth-order valence-electron chi connectivity index (χ4n) is 2.41. The van der Waals surface area contributed by atoms with Crippen molar-refractivity contribution in [2.75, 3.05) is 26.8 Å². The van der Waals surface area contributed by atoms with Crippen LogP contribution >= 0.6 is 24.0 Å². The number of nitrogens with one attached hydrogen (secondary N) is 2. The number of pyridine rings is 1. The first-order chi connectivity index (χ1) is 13.9. The van der Waals surface area contributed by atoms with E-state index in [1.54, 1.807) is 13.2 Å². The summed E-state index contributed by atoms with van der Waals surface area (Å²) in [6.07, 6.45) is -2.19. The number of benzene rings is 1. The van der Waals surface area contributed by atoms with Crippen molar-refractivity contribution >= 4 is 29.9 Å². The van der Waals surface area contributed by atoms with Crippen molar-refractivity contribution in [3.8, 4) is 11.6 Å². The molecule has 166 valence electrons. The van der Waals surface area contributed by atoms with Gasteiger partial charge in [-0.25, -0.2) is 9.98 Å². The highest BCUT2D eigenvalue weighted by atomic mass is 127. The fourth-order valence-corrected chi connectivity index (χ4v) is 2.41. The summed E-state index contributed by atoms with van der Waals surface area (Å²) in [6.45, 7) is 2.22. The third-order valence-corrected chi connectivity index (χ3v) is 3.81. The molecule has 0 unspecified atom stereocenters. The highest BCUT2D eigenvalue weighted by Crippen LogP contribution is 2.17. The van der Waals surface area contributed by atoms with Gasteiger partial charge in [0.15, 0.2) is 12.6 Å². The Morgan fingerprint density at radius 2 is 1.83 bits per heavy atom. The molecule has 0 aliphatic carbocycles. The average Bonchev–Trinajstić information content (AvgIpc) is 2.71. The van der Waals surface area contributed by atoms with Crippen LogP contribution in [0.2, 0.25) is 0 Å². The van der Waals surface area contributed by atoms with Gasteiger partial charge in [-0.3, -0.25) is 0 Å². The minimum Gasteiger partial charge on any atom is -0.497 e. The topological polar surface area (TPSA) is 67.8 Å². The van der Waals surface area contributed by atoms with E-state index in [2.05, 4.69) is 25.3 Å². The van der Waals surface area contributed by atoms with Crippen molar-refractivity contribution in [2.45, 2.75) is 26.1 Å². The third kappa shape index (κ3) is 9.99. The zero-order chi connectivity index (χ0) is 21.1. The van der Waals surface area contributed by atoms with Crippen LogP contribution in [0.3, 0.4) is 0 Å². The maximum absolute atomic E-state index is 12.3. The molecule has 2 aromatic rings. The summed E-state index contributed by atoms with van der Waals surface area (Å²) < 4.78 is 46.6. The summed E-state index contributed by atoms with van der Waals surface area (Å²) in [5, 5.41) is 6.38. The lowest BCUT2D eigenvalue weighted by molar-refractivity contribution is -0.154. The van der Waals surface area contributed by atoms with Crippen LogP contribution in [0.4, 0.5) is 13.2 Å². The molecular formula is C20H26F3IN4O2. The third-order valence-electron chi connectivity index (χ3n) is 3.81.